The van der Waals surface area contributed by atoms with Crippen LogP contribution in [0.1, 0.15) is 25.3 Å². The molecule has 1 aromatic heterocycles. The van der Waals surface area contributed by atoms with Gasteiger partial charge in [-0.2, -0.15) is 0 Å². The first-order valence-electron chi connectivity index (χ1n) is 6.85. The van der Waals surface area contributed by atoms with Gasteiger partial charge in [-0.1, -0.05) is 13.0 Å². The van der Waals surface area contributed by atoms with Crippen molar-refractivity contribution in [2.24, 2.45) is 17.8 Å². The number of carbonyl (C=O) groups excluding carboxylic acids is 1. The van der Waals surface area contributed by atoms with Crippen LogP contribution in [0.3, 0.4) is 0 Å². The third-order valence-corrected chi connectivity index (χ3v) is 3.95. The van der Waals surface area contributed by atoms with Gasteiger partial charge in [0.25, 0.3) is 0 Å². The summed E-state index contributed by atoms with van der Waals surface area (Å²) in [5, 5.41) is 9.24. The quantitative estimate of drug-likeness (QED) is 0.910. The van der Waals surface area contributed by atoms with E-state index in [1.807, 2.05) is 19.1 Å². The van der Waals surface area contributed by atoms with Gasteiger partial charge >= 0.3 is 5.97 Å². The second-order valence-electron chi connectivity index (χ2n) is 5.68. The minimum atomic E-state index is -0.859. The van der Waals surface area contributed by atoms with Crippen molar-refractivity contribution in [3.63, 3.8) is 0 Å². The Balaban J connectivity index is 2.04. The first-order chi connectivity index (χ1) is 9.49. The predicted molar refractivity (Wildman–Crippen MR) is 73.7 cm³/mol. The van der Waals surface area contributed by atoms with Crippen molar-refractivity contribution in [3.05, 3.63) is 30.1 Å². The number of carboxylic acid groups (broad SMARTS) is 1. The summed E-state index contributed by atoms with van der Waals surface area (Å²) in [6.07, 6.45) is 4.65. The van der Waals surface area contributed by atoms with E-state index in [1.54, 1.807) is 24.3 Å². The normalized spacial score (nSPS) is 25.4. The zero-order valence-electron chi connectivity index (χ0n) is 11.8. The molecule has 0 aromatic carbocycles. The third-order valence-electron chi connectivity index (χ3n) is 3.95. The Bertz CT molecular complexity index is 489. The van der Waals surface area contributed by atoms with E-state index >= 15 is 0 Å². The molecule has 1 heterocycles. The highest BCUT2D eigenvalue weighted by molar-refractivity contribution is 5.85. The maximum Gasteiger partial charge on any atom is 0.307 e. The number of hydrogen-bond donors (Lipinski definition) is 1. The number of aliphatic carboxylic acids is 1. The Morgan fingerprint density at radius 2 is 2.10 bits per heavy atom. The first-order valence-corrected chi connectivity index (χ1v) is 6.85. The monoisotopic (exact) mass is 276 g/mol. The predicted octanol–water partition coefficient (Wildman–Crippen LogP) is 1.79. The number of carbonyl (C=O) groups is 2. The molecule has 5 heteroatoms. The van der Waals surface area contributed by atoms with Crippen LogP contribution in [0.2, 0.25) is 0 Å². The fourth-order valence-corrected chi connectivity index (χ4v) is 2.96. The van der Waals surface area contributed by atoms with Crippen LogP contribution >= 0.6 is 0 Å². The van der Waals surface area contributed by atoms with Crippen molar-refractivity contribution < 1.29 is 14.7 Å². The lowest BCUT2D eigenvalue weighted by Crippen LogP contribution is -2.36. The molecule has 0 radical (unpaired) electrons. The lowest BCUT2D eigenvalue weighted by Gasteiger charge is -2.23. The zero-order chi connectivity index (χ0) is 14.7. The largest absolute Gasteiger partial charge is 0.481 e. The molecule has 1 aromatic rings. The average molecular weight is 276 g/mol. The van der Waals surface area contributed by atoms with Crippen molar-refractivity contribution in [2.45, 2.75) is 26.3 Å². The van der Waals surface area contributed by atoms with Crippen LogP contribution < -0.4 is 0 Å². The van der Waals surface area contributed by atoms with Crippen LogP contribution in [0.25, 0.3) is 0 Å². The van der Waals surface area contributed by atoms with Crippen molar-refractivity contribution in [2.75, 3.05) is 7.05 Å². The van der Waals surface area contributed by atoms with Crippen molar-refractivity contribution in [3.8, 4) is 0 Å². The van der Waals surface area contributed by atoms with Gasteiger partial charge in [-0.15, -0.1) is 0 Å². The summed E-state index contributed by atoms with van der Waals surface area (Å²) < 4.78 is 0. The van der Waals surface area contributed by atoms with E-state index in [0.29, 0.717) is 19.4 Å². The molecule has 1 amide bonds. The molecule has 1 aliphatic rings. The van der Waals surface area contributed by atoms with Gasteiger partial charge < -0.3 is 10.0 Å². The number of nitrogens with zero attached hydrogens (tertiary/aromatic N) is 2. The lowest BCUT2D eigenvalue weighted by molar-refractivity contribution is -0.148. The number of amides is 1. The molecule has 1 saturated carbocycles. The Kier molecular flexibility index (Phi) is 4.37. The molecule has 0 bridgehead atoms. The minimum absolute atomic E-state index is 0.0781. The molecule has 0 spiro atoms. The van der Waals surface area contributed by atoms with Crippen LogP contribution in [-0.4, -0.2) is 33.9 Å². The Morgan fingerprint density at radius 3 is 2.70 bits per heavy atom. The molecule has 20 heavy (non-hydrogen) atoms. The molecule has 0 saturated heterocycles. The minimum Gasteiger partial charge on any atom is -0.481 e. The molecule has 2 rings (SSSR count). The van der Waals surface area contributed by atoms with E-state index in [-0.39, 0.29) is 11.8 Å². The Morgan fingerprint density at radius 1 is 1.40 bits per heavy atom. The van der Waals surface area contributed by atoms with E-state index in [2.05, 4.69) is 4.98 Å². The van der Waals surface area contributed by atoms with Gasteiger partial charge in [-0.3, -0.25) is 14.6 Å². The molecule has 1 unspecified atom stereocenters. The van der Waals surface area contributed by atoms with Crippen LogP contribution in [0.5, 0.6) is 0 Å². The van der Waals surface area contributed by atoms with Crippen LogP contribution in [0, 0.1) is 17.8 Å². The van der Waals surface area contributed by atoms with E-state index in [4.69, 9.17) is 0 Å². The highest BCUT2D eigenvalue weighted by Gasteiger charge is 2.42. The number of pyridine rings is 1. The molecular weight excluding hydrogens is 256 g/mol. The molecule has 0 aliphatic heterocycles. The van der Waals surface area contributed by atoms with Gasteiger partial charge in [0.2, 0.25) is 5.91 Å². The lowest BCUT2D eigenvalue weighted by atomic mass is 9.95. The van der Waals surface area contributed by atoms with Crippen molar-refractivity contribution in [1.82, 2.24) is 9.88 Å². The van der Waals surface area contributed by atoms with Gasteiger partial charge in [0.05, 0.1) is 11.8 Å². The zero-order valence-corrected chi connectivity index (χ0v) is 11.8. The maximum atomic E-state index is 12.5. The first kappa shape index (κ1) is 14.5. The van der Waals surface area contributed by atoms with Gasteiger partial charge in [0.15, 0.2) is 0 Å². The molecule has 1 fully saturated rings. The van der Waals surface area contributed by atoms with Crippen LogP contribution in [0.15, 0.2) is 24.5 Å². The van der Waals surface area contributed by atoms with Gasteiger partial charge in [0.1, 0.15) is 0 Å². The fourth-order valence-electron chi connectivity index (χ4n) is 2.96. The summed E-state index contributed by atoms with van der Waals surface area (Å²) in [4.78, 5) is 29.3. The number of rotatable bonds is 4. The SMILES string of the molecule is CC1C[C@H](C(=O)N(C)Cc2cccnc2)[C@H](C(=O)O)C1. The Labute approximate surface area is 118 Å². The molecular formula is C15H20N2O3. The summed E-state index contributed by atoms with van der Waals surface area (Å²) in [5.74, 6) is -1.59. The fraction of sp³-hybridized carbons (Fsp3) is 0.533. The Hall–Kier alpha value is -1.91. The maximum absolute atomic E-state index is 12.5. The molecule has 3 atom stereocenters. The van der Waals surface area contributed by atoms with Crippen molar-refractivity contribution in [1.29, 1.82) is 0 Å². The van der Waals surface area contributed by atoms with E-state index in [1.165, 1.54) is 0 Å². The summed E-state index contributed by atoms with van der Waals surface area (Å²) in [5.41, 5.74) is 0.946. The van der Waals surface area contributed by atoms with Crippen LogP contribution in [-0.2, 0) is 16.1 Å². The van der Waals surface area contributed by atoms with Crippen molar-refractivity contribution >= 4 is 11.9 Å². The van der Waals surface area contributed by atoms with Crippen LogP contribution in [0.4, 0.5) is 0 Å². The number of hydrogen-bond acceptors (Lipinski definition) is 3. The highest BCUT2D eigenvalue weighted by Crippen LogP contribution is 2.37. The second kappa shape index (κ2) is 6.03. The summed E-state index contributed by atoms with van der Waals surface area (Å²) >= 11 is 0. The second-order valence-corrected chi connectivity index (χ2v) is 5.68. The molecule has 5 nitrogen and oxygen atoms in total. The third kappa shape index (κ3) is 3.15. The summed E-state index contributed by atoms with van der Waals surface area (Å²) in [6, 6.07) is 3.73. The standard InChI is InChI=1S/C15H20N2O3/c1-10-6-12(13(7-10)15(19)20)14(18)17(2)9-11-4-3-5-16-8-11/h3-5,8,10,12-13H,6-7,9H2,1-2H3,(H,19,20)/t10?,12-,13+/m0/s1. The van der Waals surface area contributed by atoms with Gasteiger partial charge in [-0.25, -0.2) is 0 Å². The molecule has 108 valence electrons. The summed E-state index contributed by atoms with van der Waals surface area (Å²) in [6.45, 7) is 2.47. The summed E-state index contributed by atoms with van der Waals surface area (Å²) in [7, 11) is 1.72. The number of carboxylic acids is 1. The van der Waals surface area contributed by atoms with E-state index < -0.39 is 17.8 Å². The molecule has 1 N–H and O–H groups in total. The molecule has 1 aliphatic carbocycles. The number of aromatic nitrogens is 1. The van der Waals surface area contributed by atoms with Gasteiger partial charge in [0, 0.05) is 26.0 Å². The smallest absolute Gasteiger partial charge is 0.307 e. The van der Waals surface area contributed by atoms with E-state index in [0.717, 1.165) is 5.56 Å². The van der Waals surface area contributed by atoms with Gasteiger partial charge in [-0.05, 0) is 30.4 Å². The van der Waals surface area contributed by atoms with E-state index in [9.17, 15) is 14.7 Å². The average Bonchev–Trinajstić information content (AvgIpc) is 2.81. The highest BCUT2D eigenvalue weighted by atomic mass is 16.4. The topological polar surface area (TPSA) is 70.5 Å².